The Morgan fingerprint density at radius 3 is 2.43 bits per heavy atom. The summed E-state index contributed by atoms with van der Waals surface area (Å²) in [5.74, 6) is 0.425. The van der Waals surface area contributed by atoms with E-state index in [1.807, 2.05) is 30.3 Å². The van der Waals surface area contributed by atoms with Crippen LogP contribution in [-0.2, 0) is 9.53 Å². The van der Waals surface area contributed by atoms with E-state index in [4.69, 9.17) is 21.1 Å². The molecule has 0 saturated carbocycles. The van der Waals surface area contributed by atoms with E-state index in [1.54, 1.807) is 24.3 Å². The number of anilines is 1. The number of esters is 1. The molecule has 4 nitrogen and oxygen atoms in total. The molecule has 5 heteroatoms. The molecule has 0 aromatic heterocycles. The molecule has 0 aliphatic rings. The van der Waals surface area contributed by atoms with Gasteiger partial charge in [-0.3, -0.25) is 4.79 Å². The molecule has 0 aliphatic heterocycles. The number of nitrogens with one attached hydrogen (secondary N) is 1. The van der Waals surface area contributed by atoms with E-state index in [2.05, 4.69) is 5.32 Å². The zero-order valence-electron chi connectivity index (χ0n) is 11.4. The van der Waals surface area contributed by atoms with Crippen LogP contribution >= 0.6 is 11.6 Å². The molecule has 0 spiro atoms. The van der Waals surface area contributed by atoms with Crippen LogP contribution in [0.5, 0.6) is 5.75 Å². The number of para-hydroxylation sites is 1. The van der Waals surface area contributed by atoms with Gasteiger partial charge in [-0.2, -0.15) is 0 Å². The van der Waals surface area contributed by atoms with Crippen LogP contribution in [0.25, 0.3) is 0 Å². The third-order valence-electron chi connectivity index (χ3n) is 2.64. The molecule has 2 aromatic carbocycles. The molecule has 0 amide bonds. The lowest BCUT2D eigenvalue weighted by atomic mass is 10.3. The first-order valence-electron chi connectivity index (χ1n) is 6.57. The topological polar surface area (TPSA) is 47.6 Å². The monoisotopic (exact) mass is 305 g/mol. The van der Waals surface area contributed by atoms with Crippen molar-refractivity contribution in [1.82, 2.24) is 0 Å². The summed E-state index contributed by atoms with van der Waals surface area (Å²) in [6.45, 7) is 0.652. The smallest absolute Gasteiger partial charge is 0.325 e. The van der Waals surface area contributed by atoms with Crippen LogP contribution in [0, 0.1) is 0 Å². The van der Waals surface area contributed by atoms with Crippen LogP contribution in [0.2, 0.25) is 5.02 Å². The van der Waals surface area contributed by atoms with E-state index < -0.39 is 0 Å². The summed E-state index contributed by atoms with van der Waals surface area (Å²) < 4.78 is 10.5. The molecular weight excluding hydrogens is 290 g/mol. The van der Waals surface area contributed by atoms with Crippen LogP contribution < -0.4 is 10.1 Å². The average Bonchev–Trinajstić information content (AvgIpc) is 2.52. The Balaban J connectivity index is 1.60. The van der Waals surface area contributed by atoms with Gasteiger partial charge >= 0.3 is 5.97 Å². The van der Waals surface area contributed by atoms with Crippen molar-refractivity contribution < 1.29 is 14.3 Å². The van der Waals surface area contributed by atoms with Gasteiger partial charge in [-0.1, -0.05) is 29.8 Å². The quantitative estimate of drug-likeness (QED) is 0.629. The SMILES string of the molecule is O=C(CNc1ccc(Cl)cc1)OCCOc1ccccc1. The maximum atomic E-state index is 11.5. The first kappa shape index (κ1) is 15.2. The number of rotatable bonds is 7. The van der Waals surface area contributed by atoms with Crippen LogP contribution in [0.4, 0.5) is 5.69 Å². The Kier molecular flexibility index (Phi) is 5.91. The molecule has 1 N–H and O–H groups in total. The summed E-state index contributed by atoms with van der Waals surface area (Å²) in [7, 11) is 0. The van der Waals surface area contributed by atoms with Crippen molar-refractivity contribution in [1.29, 1.82) is 0 Å². The van der Waals surface area contributed by atoms with Gasteiger partial charge < -0.3 is 14.8 Å². The molecule has 0 unspecified atom stereocenters. The zero-order chi connectivity index (χ0) is 14.9. The summed E-state index contributed by atoms with van der Waals surface area (Å²) in [6, 6.07) is 16.5. The lowest BCUT2D eigenvalue weighted by Crippen LogP contribution is -2.19. The number of hydrogen-bond donors (Lipinski definition) is 1. The van der Waals surface area contributed by atoms with Gasteiger partial charge in [0.15, 0.2) is 0 Å². The molecule has 0 heterocycles. The minimum absolute atomic E-state index is 0.104. The minimum Gasteiger partial charge on any atom is -0.490 e. The fraction of sp³-hybridized carbons (Fsp3) is 0.188. The van der Waals surface area contributed by atoms with Gasteiger partial charge in [-0.25, -0.2) is 0 Å². The van der Waals surface area contributed by atoms with Crippen molar-refractivity contribution in [3.8, 4) is 5.75 Å². The summed E-state index contributed by atoms with van der Waals surface area (Å²) in [5.41, 5.74) is 0.817. The molecule has 2 rings (SSSR count). The first-order valence-corrected chi connectivity index (χ1v) is 6.95. The van der Waals surface area contributed by atoms with Gasteiger partial charge in [0, 0.05) is 10.7 Å². The van der Waals surface area contributed by atoms with Gasteiger partial charge in [0.05, 0.1) is 0 Å². The maximum absolute atomic E-state index is 11.5. The molecule has 110 valence electrons. The first-order chi connectivity index (χ1) is 10.2. The fourth-order valence-electron chi connectivity index (χ4n) is 1.62. The predicted octanol–water partition coefficient (Wildman–Crippen LogP) is 3.37. The highest BCUT2D eigenvalue weighted by Crippen LogP contribution is 2.13. The zero-order valence-corrected chi connectivity index (χ0v) is 12.2. The molecule has 0 atom stereocenters. The lowest BCUT2D eigenvalue weighted by molar-refractivity contribution is -0.142. The Morgan fingerprint density at radius 2 is 1.71 bits per heavy atom. The second-order valence-corrected chi connectivity index (χ2v) is 4.68. The molecule has 0 radical (unpaired) electrons. The van der Waals surface area contributed by atoms with Gasteiger partial charge in [-0.05, 0) is 36.4 Å². The van der Waals surface area contributed by atoms with E-state index in [1.165, 1.54) is 0 Å². The number of carbonyl (C=O) groups is 1. The highest BCUT2D eigenvalue weighted by Gasteiger charge is 2.02. The predicted molar refractivity (Wildman–Crippen MR) is 82.8 cm³/mol. The van der Waals surface area contributed by atoms with Crippen molar-refractivity contribution in [3.63, 3.8) is 0 Å². The summed E-state index contributed by atoms with van der Waals surface area (Å²) >= 11 is 5.78. The number of halogens is 1. The van der Waals surface area contributed by atoms with Crippen molar-refractivity contribution in [2.75, 3.05) is 25.1 Å². The van der Waals surface area contributed by atoms with E-state index in [0.29, 0.717) is 11.6 Å². The largest absolute Gasteiger partial charge is 0.490 e. The van der Waals surface area contributed by atoms with Gasteiger partial charge in [0.25, 0.3) is 0 Å². The van der Waals surface area contributed by atoms with E-state index >= 15 is 0 Å². The molecule has 2 aromatic rings. The number of benzene rings is 2. The third-order valence-corrected chi connectivity index (χ3v) is 2.89. The lowest BCUT2D eigenvalue weighted by Gasteiger charge is -2.08. The Labute approximate surface area is 128 Å². The van der Waals surface area contributed by atoms with Crippen molar-refractivity contribution in [2.45, 2.75) is 0 Å². The van der Waals surface area contributed by atoms with Crippen molar-refractivity contribution in [2.24, 2.45) is 0 Å². The Morgan fingerprint density at radius 1 is 1.00 bits per heavy atom. The van der Waals surface area contributed by atoms with E-state index in [9.17, 15) is 4.79 Å². The third kappa shape index (κ3) is 5.75. The molecule has 0 saturated heterocycles. The maximum Gasteiger partial charge on any atom is 0.325 e. The number of ether oxygens (including phenoxy) is 2. The van der Waals surface area contributed by atoms with Gasteiger partial charge in [0.1, 0.15) is 25.5 Å². The second-order valence-electron chi connectivity index (χ2n) is 4.24. The molecule has 0 aliphatic carbocycles. The van der Waals surface area contributed by atoms with Gasteiger partial charge in [0.2, 0.25) is 0 Å². The van der Waals surface area contributed by atoms with Crippen LogP contribution in [0.3, 0.4) is 0 Å². The van der Waals surface area contributed by atoms with Crippen LogP contribution in [0.15, 0.2) is 54.6 Å². The number of hydrogen-bond acceptors (Lipinski definition) is 4. The minimum atomic E-state index is -0.332. The summed E-state index contributed by atoms with van der Waals surface area (Å²) in [5, 5.41) is 3.61. The standard InChI is InChI=1S/C16H16ClNO3/c17-13-6-8-14(9-7-13)18-12-16(19)21-11-10-20-15-4-2-1-3-5-15/h1-9,18H,10-12H2. The molecule has 0 fully saturated rings. The summed E-state index contributed by atoms with van der Waals surface area (Å²) in [6.07, 6.45) is 0. The molecular formula is C16H16ClNO3. The Hall–Kier alpha value is -2.20. The normalized spacial score (nSPS) is 9.95. The van der Waals surface area contributed by atoms with E-state index in [-0.39, 0.29) is 19.1 Å². The van der Waals surface area contributed by atoms with Crippen molar-refractivity contribution >= 4 is 23.3 Å². The highest BCUT2D eigenvalue weighted by molar-refractivity contribution is 6.30. The fourth-order valence-corrected chi connectivity index (χ4v) is 1.75. The van der Waals surface area contributed by atoms with Gasteiger partial charge in [-0.15, -0.1) is 0 Å². The van der Waals surface area contributed by atoms with E-state index in [0.717, 1.165) is 11.4 Å². The molecule has 21 heavy (non-hydrogen) atoms. The van der Waals surface area contributed by atoms with Crippen LogP contribution in [-0.4, -0.2) is 25.7 Å². The average molecular weight is 306 g/mol. The second kappa shape index (κ2) is 8.17. The van der Waals surface area contributed by atoms with Crippen molar-refractivity contribution in [3.05, 3.63) is 59.6 Å². The van der Waals surface area contributed by atoms with Crippen LogP contribution in [0.1, 0.15) is 0 Å². The molecule has 0 bridgehead atoms. The summed E-state index contributed by atoms with van der Waals surface area (Å²) in [4.78, 5) is 11.5. The highest BCUT2D eigenvalue weighted by atomic mass is 35.5. The number of carbonyl (C=O) groups excluding carboxylic acids is 1. The Bertz CT molecular complexity index is 557.